The Hall–Kier alpha value is -2.73. The van der Waals surface area contributed by atoms with Crippen molar-refractivity contribution >= 4 is 10.9 Å². The second kappa shape index (κ2) is 7.84. The maximum atomic E-state index is 13.2. The standard InChI is InChI=1S/C24H26FN3O2/c25-18-9-7-16(8-10-18)20-13-17-14-27(15-21(17)20)11-3-4-12-28-23(29)19-5-1-2-6-22(19)26-24(28)30/h1-2,5-10,17,20-21H,3-4,11-15H2,(H,26,30). The van der Waals surface area contributed by atoms with Crippen LogP contribution in [0.1, 0.15) is 30.7 Å². The number of unbranched alkanes of at least 4 members (excludes halogenated alkanes) is 1. The van der Waals surface area contributed by atoms with Gasteiger partial charge in [0.2, 0.25) is 0 Å². The lowest BCUT2D eigenvalue weighted by molar-refractivity contribution is 0.191. The Morgan fingerprint density at radius 2 is 1.73 bits per heavy atom. The Labute approximate surface area is 174 Å². The average Bonchev–Trinajstić information content (AvgIpc) is 3.05. The molecule has 5 nitrogen and oxygen atoms in total. The molecule has 5 rings (SSSR count). The van der Waals surface area contributed by atoms with E-state index in [1.165, 1.54) is 16.6 Å². The van der Waals surface area contributed by atoms with Crippen LogP contribution in [-0.2, 0) is 6.54 Å². The van der Waals surface area contributed by atoms with Gasteiger partial charge >= 0.3 is 5.69 Å². The summed E-state index contributed by atoms with van der Waals surface area (Å²) in [6, 6.07) is 14.1. The zero-order chi connectivity index (χ0) is 20.7. The van der Waals surface area contributed by atoms with Crippen molar-refractivity contribution < 1.29 is 4.39 Å². The fourth-order valence-corrected chi connectivity index (χ4v) is 5.28. The summed E-state index contributed by atoms with van der Waals surface area (Å²) in [4.78, 5) is 30.2. The Balaban J connectivity index is 1.15. The molecule has 0 radical (unpaired) electrons. The van der Waals surface area contributed by atoms with Crippen molar-refractivity contribution in [1.29, 1.82) is 0 Å². The Morgan fingerprint density at radius 1 is 0.967 bits per heavy atom. The summed E-state index contributed by atoms with van der Waals surface area (Å²) in [5.74, 6) is 1.79. The molecule has 2 heterocycles. The highest BCUT2D eigenvalue weighted by Crippen LogP contribution is 2.51. The summed E-state index contributed by atoms with van der Waals surface area (Å²) in [5, 5.41) is 0.556. The molecule has 3 atom stereocenters. The van der Waals surface area contributed by atoms with E-state index in [-0.39, 0.29) is 17.1 Å². The maximum Gasteiger partial charge on any atom is 0.328 e. The SMILES string of the molecule is O=c1[nH]c2ccccc2c(=O)n1CCCCN1CC2CC(c3ccc(F)cc3)C2C1. The maximum absolute atomic E-state index is 13.2. The van der Waals surface area contributed by atoms with Gasteiger partial charge in [0.25, 0.3) is 5.56 Å². The van der Waals surface area contributed by atoms with Gasteiger partial charge in [0, 0.05) is 19.6 Å². The van der Waals surface area contributed by atoms with Crippen LogP contribution in [0.15, 0.2) is 58.1 Å². The van der Waals surface area contributed by atoms with Crippen molar-refractivity contribution in [2.75, 3.05) is 19.6 Å². The third-order valence-corrected chi connectivity index (χ3v) is 6.93. The first-order valence-electron chi connectivity index (χ1n) is 10.8. The van der Waals surface area contributed by atoms with Crippen LogP contribution in [0.4, 0.5) is 4.39 Å². The number of H-pyrrole nitrogens is 1. The molecule has 3 unspecified atom stereocenters. The molecule has 0 spiro atoms. The molecule has 1 aliphatic heterocycles. The highest BCUT2D eigenvalue weighted by Gasteiger charge is 2.47. The number of benzene rings is 2. The van der Waals surface area contributed by atoms with E-state index in [4.69, 9.17) is 0 Å². The Kier molecular flexibility index (Phi) is 5.03. The zero-order valence-electron chi connectivity index (χ0n) is 16.9. The fourth-order valence-electron chi connectivity index (χ4n) is 5.28. The quantitative estimate of drug-likeness (QED) is 0.638. The number of rotatable bonds is 6. The van der Waals surface area contributed by atoms with Crippen LogP contribution in [-0.4, -0.2) is 34.1 Å². The van der Waals surface area contributed by atoms with Gasteiger partial charge in [-0.15, -0.1) is 0 Å². The first kappa shape index (κ1) is 19.2. The van der Waals surface area contributed by atoms with Crippen molar-refractivity contribution in [1.82, 2.24) is 14.5 Å². The number of likely N-dealkylation sites (tertiary alicyclic amines) is 1. The lowest BCUT2D eigenvalue weighted by Crippen LogP contribution is -2.35. The molecule has 1 aliphatic carbocycles. The van der Waals surface area contributed by atoms with E-state index >= 15 is 0 Å². The molecule has 1 saturated carbocycles. The van der Waals surface area contributed by atoms with Crippen LogP contribution in [0, 0.1) is 17.7 Å². The normalized spacial score (nSPS) is 23.4. The molecule has 30 heavy (non-hydrogen) atoms. The van der Waals surface area contributed by atoms with Crippen LogP contribution >= 0.6 is 0 Å². The van der Waals surface area contributed by atoms with Crippen molar-refractivity contribution in [3.05, 3.63) is 80.7 Å². The lowest BCUT2D eigenvalue weighted by Gasteiger charge is -2.40. The van der Waals surface area contributed by atoms with Gasteiger partial charge < -0.3 is 9.88 Å². The Bertz CT molecular complexity index is 1170. The smallest absolute Gasteiger partial charge is 0.307 e. The highest BCUT2D eigenvalue weighted by molar-refractivity contribution is 5.76. The largest absolute Gasteiger partial charge is 0.328 e. The molecule has 2 fully saturated rings. The van der Waals surface area contributed by atoms with Gasteiger partial charge in [0.15, 0.2) is 0 Å². The number of hydrogen-bond donors (Lipinski definition) is 1. The van der Waals surface area contributed by atoms with E-state index in [0.717, 1.165) is 38.4 Å². The van der Waals surface area contributed by atoms with Crippen LogP contribution in [0.5, 0.6) is 0 Å². The number of nitrogens with zero attached hydrogens (tertiary/aromatic N) is 2. The summed E-state index contributed by atoms with van der Waals surface area (Å²) in [5.41, 5.74) is 1.30. The summed E-state index contributed by atoms with van der Waals surface area (Å²) in [7, 11) is 0. The van der Waals surface area contributed by atoms with Crippen LogP contribution < -0.4 is 11.2 Å². The highest BCUT2D eigenvalue weighted by atomic mass is 19.1. The molecule has 0 bridgehead atoms. The minimum Gasteiger partial charge on any atom is -0.307 e. The average molecular weight is 407 g/mol. The van der Waals surface area contributed by atoms with E-state index in [9.17, 15) is 14.0 Å². The topological polar surface area (TPSA) is 58.1 Å². The fraction of sp³-hybridized carbons (Fsp3) is 0.417. The van der Waals surface area contributed by atoms with Crippen LogP contribution in [0.3, 0.4) is 0 Å². The molecule has 1 N–H and O–H groups in total. The van der Waals surface area contributed by atoms with Crippen molar-refractivity contribution in [3.8, 4) is 0 Å². The molecule has 1 aromatic heterocycles. The second-order valence-corrected chi connectivity index (χ2v) is 8.72. The van der Waals surface area contributed by atoms with Crippen molar-refractivity contribution in [2.24, 2.45) is 11.8 Å². The second-order valence-electron chi connectivity index (χ2n) is 8.72. The number of halogens is 1. The number of hydrogen-bond acceptors (Lipinski definition) is 3. The van der Waals surface area contributed by atoms with Crippen LogP contribution in [0.2, 0.25) is 0 Å². The zero-order valence-corrected chi connectivity index (χ0v) is 16.9. The number of aromatic amines is 1. The summed E-state index contributed by atoms with van der Waals surface area (Å²) in [6.45, 7) is 3.64. The van der Waals surface area contributed by atoms with Crippen LogP contribution in [0.25, 0.3) is 10.9 Å². The number of para-hydroxylation sites is 1. The van der Waals surface area contributed by atoms with E-state index in [0.29, 0.717) is 29.3 Å². The molecular formula is C24H26FN3O2. The lowest BCUT2D eigenvalue weighted by atomic mass is 9.64. The van der Waals surface area contributed by atoms with Crippen molar-refractivity contribution in [3.63, 3.8) is 0 Å². The molecular weight excluding hydrogens is 381 g/mol. The van der Waals surface area contributed by atoms with Gasteiger partial charge in [-0.05, 0) is 73.4 Å². The molecule has 3 aromatic rings. The predicted molar refractivity (Wildman–Crippen MR) is 115 cm³/mol. The minimum absolute atomic E-state index is 0.174. The van der Waals surface area contributed by atoms with Gasteiger partial charge in [0.05, 0.1) is 10.9 Å². The van der Waals surface area contributed by atoms with Gasteiger partial charge in [-0.25, -0.2) is 9.18 Å². The summed E-state index contributed by atoms with van der Waals surface area (Å²) >= 11 is 0. The number of fused-ring (bicyclic) bond motifs is 2. The summed E-state index contributed by atoms with van der Waals surface area (Å²) < 4.78 is 14.5. The van der Waals surface area contributed by atoms with E-state index in [1.807, 2.05) is 24.3 Å². The van der Waals surface area contributed by atoms with E-state index in [2.05, 4.69) is 9.88 Å². The molecule has 2 aromatic carbocycles. The third kappa shape index (κ3) is 3.49. The third-order valence-electron chi connectivity index (χ3n) is 6.93. The van der Waals surface area contributed by atoms with E-state index in [1.54, 1.807) is 24.3 Å². The molecule has 156 valence electrons. The molecule has 6 heteroatoms. The Morgan fingerprint density at radius 3 is 2.57 bits per heavy atom. The van der Waals surface area contributed by atoms with Gasteiger partial charge in [-0.3, -0.25) is 9.36 Å². The predicted octanol–water partition coefficient (Wildman–Crippen LogP) is 3.34. The van der Waals surface area contributed by atoms with Gasteiger partial charge in [-0.2, -0.15) is 0 Å². The summed E-state index contributed by atoms with van der Waals surface area (Å²) in [6.07, 6.45) is 2.95. The monoisotopic (exact) mass is 407 g/mol. The van der Waals surface area contributed by atoms with Gasteiger partial charge in [-0.1, -0.05) is 24.3 Å². The minimum atomic E-state index is -0.333. The number of nitrogens with one attached hydrogen (secondary N) is 1. The number of aromatic nitrogens is 2. The molecule has 0 amide bonds. The first-order chi connectivity index (χ1) is 14.6. The molecule has 1 saturated heterocycles. The molecule has 2 aliphatic rings. The van der Waals surface area contributed by atoms with Gasteiger partial charge in [0.1, 0.15) is 5.82 Å². The first-order valence-corrected chi connectivity index (χ1v) is 10.8. The van der Waals surface area contributed by atoms with E-state index < -0.39 is 0 Å². The van der Waals surface area contributed by atoms with Crippen molar-refractivity contribution in [2.45, 2.75) is 31.7 Å².